The number of fused-ring (bicyclic) bond motifs is 1. The van der Waals surface area contributed by atoms with Crippen LogP contribution in [0, 0.1) is 0 Å². The molecular formula is C13H18N2O2. The molecular weight excluding hydrogens is 216 g/mol. The fraction of sp³-hybridized carbons (Fsp3) is 0.615. The van der Waals surface area contributed by atoms with E-state index in [1.807, 2.05) is 12.1 Å². The van der Waals surface area contributed by atoms with Gasteiger partial charge in [0.1, 0.15) is 13.2 Å². The molecule has 2 aliphatic rings. The van der Waals surface area contributed by atoms with Crippen LogP contribution in [0.5, 0.6) is 11.6 Å². The van der Waals surface area contributed by atoms with E-state index in [0.29, 0.717) is 25.1 Å². The lowest BCUT2D eigenvalue weighted by Gasteiger charge is -2.22. The summed E-state index contributed by atoms with van der Waals surface area (Å²) in [6, 6.07) is 4.68. The SMILES string of the molecule is C[C@H]1CCCN1Cc1ccc2c(n1)OCCO2. The highest BCUT2D eigenvalue weighted by atomic mass is 16.6. The fourth-order valence-electron chi connectivity index (χ4n) is 2.49. The van der Waals surface area contributed by atoms with Crippen molar-refractivity contribution in [1.29, 1.82) is 0 Å². The second-order valence-electron chi connectivity index (χ2n) is 4.76. The molecule has 3 rings (SSSR count). The van der Waals surface area contributed by atoms with Gasteiger partial charge in [-0.25, -0.2) is 4.98 Å². The van der Waals surface area contributed by atoms with E-state index in [9.17, 15) is 0 Å². The monoisotopic (exact) mass is 234 g/mol. The van der Waals surface area contributed by atoms with Crippen molar-refractivity contribution in [3.8, 4) is 11.6 Å². The van der Waals surface area contributed by atoms with E-state index in [1.54, 1.807) is 0 Å². The summed E-state index contributed by atoms with van der Waals surface area (Å²) < 4.78 is 11.0. The third-order valence-electron chi connectivity index (χ3n) is 3.52. The quantitative estimate of drug-likeness (QED) is 0.782. The second-order valence-corrected chi connectivity index (χ2v) is 4.76. The number of ether oxygens (including phenoxy) is 2. The summed E-state index contributed by atoms with van der Waals surface area (Å²) in [5, 5.41) is 0. The minimum Gasteiger partial charge on any atom is -0.484 e. The molecule has 1 aromatic heterocycles. The van der Waals surface area contributed by atoms with Crippen LogP contribution in [0.3, 0.4) is 0 Å². The zero-order valence-electron chi connectivity index (χ0n) is 10.2. The minimum absolute atomic E-state index is 0.601. The van der Waals surface area contributed by atoms with Crippen molar-refractivity contribution >= 4 is 0 Å². The van der Waals surface area contributed by atoms with Gasteiger partial charge in [-0.3, -0.25) is 4.90 Å². The third-order valence-corrected chi connectivity index (χ3v) is 3.52. The number of nitrogens with zero attached hydrogens (tertiary/aromatic N) is 2. The van der Waals surface area contributed by atoms with Gasteiger partial charge in [-0.2, -0.15) is 0 Å². The first-order valence-electron chi connectivity index (χ1n) is 6.32. The van der Waals surface area contributed by atoms with Gasteiger partial charge in [-0.1, -0.05) is 0 Å². The molecule has 0 aliphatic carbocycles. The van der Waals surface area contributed by atoms with Crippen molar-refractivity contribution in [3.63, 3.8) is 0 Å². The van der Waals surface area contributed by atoms with Gasteiger partial charge in [-0.05, 0) is 38.4 Å². The van der Waals surface area contributed by atoms with Gasteiger partial charge in [0.15, 0.2) is 5.75 Å². The van der Waals surface area contributed by atoms with E-state index in [1.165, 1.54) is 19.4 Å². The Labute approximate surface area is 102 Å². The summed E-state index contributed by atoms with van der Waals surface area (Å²) in [6.45, 7) is 5.60. The Balaban J connectivity index is 1.75. The van der Waals surface area contributed by atoms with Crippen molar-refractivity contribution in [2.24, 2.45) is 0 Å². The molecule has 0 saturated carbocycles. The Morgan fingerprint density at radius 3 is 3.06 bits per heavy atom. The number of aromatic nitrogens is 1. The van der Waals surface area contributed by atoms with E-state index >= 15 is 0 Å². The lowest BCUT2D eigenvalue weighted by Crippen LogP contribution is -2.27. The Morgan fingerprint density at radius 2 is 2.24 bits per heavy atom. The predicted octanol–water partition coefficient (Wildman–Crippen LogP) is 1.84. The molecule has 17 heavy (non-hydrogen) atoms. The van der Waals surface area contributed by atoms with E-state index in [0.717, 1.165) is 18.0 Å². The number of hydrogen-bond donors (Lipinski definition) is 0. The summed E-state index contributed by atoms with van der Waals surface area (Å²) in [4.78, 5) is 6.99. The van der Waals surface area contributed by atoms with Gasteiger partial charge in [0, 0.05) is 12.6 Å². The fourth-order valence-corrected chi connectivity index (χ4v) is 2.49. The van der Waals surface area contributed by atoms with E-state index in [-0.39, 0.29) is 0 Å². The van der Waals surface area contributed by atoms with E-state index in [4.69, 9.17) is 9.47 Å². The molecule has 3 heterocycles. The summed E-state index contributed by atoms with van der Waals surface area (Å²) in [5.41, 5.74) is 1.07. The summed E-state index contributed by atoms with van der Waals surface area (Å²) >= 11 is 0. The normalized spacial score (nSPS) is 23.9. The zero-order chi connectivity index (χ0) is 11.7. The van der Waals surface area contributed by atoms with Gasteiger partial charge >= 0.3 is 0 Å². The maximum absolute atomic E-state index is 5.50. The van der Waals surface area contributed by atoms with Crippen LogP contribution in [0.4, 0.5) is 0 Å². The molecule has 1 fully saturated rings. The van der Waals surface area contributed by atoms with Gasteiger partial charge in [0.25, 0.3) is 5.88 Å². The second kappa shape index (κ2) is 4.53. The van der Waals surface area contributed by atoms with Crippen LogP contribution in [-0.2, 0) is 6.54 Å². The van der Waals surface area contributed by atoms with Gasteiger partial charge in [-0.15, -0.1) is 0 Å². The Kier molecular flexibility index (Phi) is 2.89. The average Bonchev–Trinajstić information content (AvgIpc) is 2.75. The predicted molar refractivity (Wildman–Crippen MR) is 64.3 cm³/mol. The van der Waals surface area contributed by atoms with E-state index < -0.39 is 0 Å². The van der Waals surface area contributed by atoms with Crippen molar-refractivity contribution in [3.05, 3.63) is 17.8 Å². The van der Waals surface area contributed by atoms with Crippen molar-refractivity contribution in [1.82, 2.24) is 9.88 Å². The van der Waals surface area contributed by atoms with Crippen LogP contribution >= 0.6 is 0 Å². The van der Waals surface area contributed by atoms with Gasteiger partial charge in [0.05, 0.1) is 5.69 Å². The van der Waals surface area contributed by atoms with Crippen LogP contribution in [0.15, 0.2) is 12.1 Å². The first-order valence-corrected chi connectivity index (χ1v) is 6.32. The lowest BCUT2D eigenvalue weighted by molar-refractivity contribution is 0.163. The molecule has 0 unspecified atom stereocenters. The average molecular weight is 234 g/mol. The summed E-state index contributed by atoms with van der Waals surface area (Å²) in [7, 11) is 0. The molecule has 4 nitrogen and oxygen atoms in total. The third kappa shape index (κ3) is 2.22. The number of rotatable bonds is 2. The number of likely N-dealkylation sites (tertiary alicyclic amines) is 1. The van der Waals surface area contributed by atoms with Crippen LogP contribution < -0.4 is 9.47 Å². The number of hydrogen-bond acceptors (Lipinski definition) is 4. The molecule has 92 valence electrons. The Bertz CT molecular complexity index is 408. The Hall–Kier alpha value is -1.29. The minimum atomic E-state index is 0.601. The molecule has 2 aliphatic heterocycles. The highest BCUT2D eigenvalue weighted by Gasteiger charge is 2.21. The summed E-state index contributed by atoms with van der Waals surface area (Å²) in [5.74, 6) is 1.43. The standard InChI is InChI=1S/C13H18N2O2/c1-10-3-2-6-15(10)9-11-4-5-12-13(14-11)17-8-7-16-12/h4-5,10H,2-3,6-9H2,1H3/t10-/m0/s1. The molecule has 1 saturated heterocycles. The van der Waals surface area contributed by atoms with Crippen molar-refractivity contribution in [2.45, 2.75) is 32.4 Å². The van der Waals surface area contributed by atoms with Gasteiger partial charge in [0.2, 0.25) is 0 Å². The van der Waals surface area contributed by atoms with Crippen LogP contribution in [0.25, 0.3) is 0 Å². The molecule has 0 radical (unpaired) electrons. The molecule has 1 atom stereocenters. The van der Waals surface area contributed by atoms with Crippen LogP contribution in [-0.4, -0.2) is 35.7 Å². The first-order chi connectivity index (χ1) is 8.33. The molecule has 0 spiro atoms. The van der Waals surface area contributed by atoms with Crippen LogP contribution in [0.2, 0.25) is 0 Å². The maximum atomic E-state index is 5.50. The molecule has 4 heteroatoms. The maximum Gasteiger partial charge on any atom is 0.257 e. The Morgan fingerprint density at radius 1 is 1.35 bits per heavy atom. The molecule has 0 amide bonds. The van der Waals surface area contributed by atoms with Crippen molar-refractivity contribution < 1.29 is 9.47 Å². The molecule has 1 aromatic rings. The van der Waals surface area contributed by atoms with Crippen molar-refractivity contribution in [2.75, 3.05) is 19.8 Å². The molecule has 0 aromatic carbocycles. The number of pyridine rings is 1. The zero-order valence-corrected chi connectivity index (χ0v) is 10.2. The largest absolute Gasteiger partial charge is 0.484 e. The molecule has 0 N–H and O–H groups in total. The lowest BCUT2D eigenvalue weighted by atomic mass is 10.2. The van der Waals surface area contributed by atoms with E-state index in [2.05, 4.69) is 16.8 Å². The highest BCUT2D eigenvalue weighted by Crippen LogP contribution is 2.28. The smallest absolute Gasteiger partial charge is 0.257 e. The molecule has 0 bridgehead atoms. The first kappa shape index (κ1) is 10.8. The highest BCUT2D eigenvalue weighted by molar-refractivity contribution is 5.35. The summed E-state index contributed by atoms with van der Waals surface area (Å²) in [6.07, 6.45) is 2.59. The topological polar surface area (TPSA) is 34.6 Å². The van der Waals surface area contributed by atoms with Crippen LogP contribution in [0.1, 0.15) is 25.5 Å². The van der Waals surface area contributed by atoms with Gasteiger partial charge < -0.3 is 9.47 Å².